The van der Waals surface area contributed by atoms with Crippen LogP contribution in [0.15, 0.2) is 0 Å². The Morgan fingerprint density at radius 2 is 2.17 bits per heavy atom. The Labute approximate surface area is 110 Å². The third kappa shape index (κ3) is 3.67. The SMILES string of the molecule is CCC(C#N)S(=O)(=O)N(CC)CC1CCCCN1. The van der Waals surface area contributed by atoms with Crippen LogP contribution in [0.5, 0.6) is 0 Å². The molecule has 2 atom stereocenters. The highest BCUT2D eigenvalue weighted by Crippen LogP contribution is 2.15. The van der Waals surface area contributed by atoms with Crippen LogP contribution in [0.25, 0.3) is 0 Å². The fraction of sp³-hybridized carbons (Fsp3) is 0.917. The fourth-order valence-corrected chi connectivity index (χ4v) is 3.95. The van der Waals surface area contributed by atoms with Crippen molar-refractivity contribution in [2.45, 2.75) is 50.8 Å². The largest absolute Gasteiger partial charge is 0.313 e. The van der Waals surface area contributed by atoms with E-state index in [-0.39, 0.29) is 6.04 Å². The molecule has 0 bridgehead atoms. The molecule has 1 aliphatic rings. The van der Waals surface area contributed by atoms with Crippen LogP contribution in [0.3, 0.4) is 0 Å². The van der Waals surface area contributed by atoms with Crippen LogP contribution in [-0.4, -0.2) is 43.6 Å². The van der Waals surface area contributed by atoms with Crippen molar-refractivity contribution >= 4 is 10.0 Å². The predicted octanol–water partition coefficient (Wildman–Crippen LogP) is 1.08. The number of nitrogens with one attached hydrogen (secondary N) is 1. The van der Waals surface area contributed by atoms with Crippen LogP contribution in [0.2, 0.25) is 0 Å². The average molecular weight is 273 g/mol. The van der Waals surface area contributed by atoms with E-state index < -0.39 is 15.3 Å². The minimum atomic E-state index is -3.48. The zero-order chi connectivity index (χ0) is 13.6. The van der Waals surface area contributed by atoms with Crippen molar-refractivity contribution in [3.8, 4) is 6.07 Å². The van der Waals surface area contributed by atoms with Gasteiger partial charge in [0.05, 0.1) is 6.07 Å². The Kier molecular flexibility index (Phi) is 6.06. The van der Waals surface area contributed by atoms with E-state index in [1.54, 1.807) is 6.92 Å². The van der Waals surface area contributed by atoms with E-state index in [1.807, 2.05) is 13.0 Å². The van der Waals surface area contributed by atoms with Crippen LogP contribution in [0, 0.1) is 11.3 Å². The monoisotopic (exact) mass is 273 g/mol. The summed E-state index contributed by atoms with van der Waals surface area (Å²) in [4.78, 5) is 0. The number of rotatable bonds is 6. The third-order valence-electron chi connectivity index (χ3n) is 3.42. The summed E-state index contributed by atoms with van der Waals surface area (Å²) in [6.07, 6.45) is 3.65. The van der Waals surface area contributed by atoms with Gasteiger partial charge in [0.25, 0.3) is 0 Å². The first-order valence-electron chi connectivity index (χ1n) is 6.68. The van der Waals surface area contributed by atoms with Gasteiger partial charge >= 0.3 is 0 Å². The Morgan fingerprint density at radius 1 is 1.44 bits per heavy atom. The highest BCUT2D eigenvalue weighted by atomic mass is 32.2. The van der Waals surface area contributed by atoms with E-state index in [2.05, 4.69) is 5.32 Å². The van der Waals surface area contributed by atoms with Gasteiger partial charge in [-0.05, 0) is 25.8 Å². The van der Waals surface area contributed by atoms with Crippen molar-refractivity contribution < 1.29 is 8.42 Å². The first kappa shape index (κ1) is 15.4. The van der Waals surface area contributed by atoms with Gasteiger partial charge in [-0.3, -0.25) is 0 Å². The molecule has 0 radical (unpaired) electrons. The minimum Gasteiger partial charge on any atom is -0.313 e. The number of nitrogens with zero attached hydrogens (tertiary/aromatic N) is 2. The molecule has 1 rings (SSSR count). The molecule has 2 unspecified atom stereocenters. The molecule has 0 aromatic carbocycles. The van der Waals surface area contributed by atoms with Gasteiger partial charge in [-0.2, -0.15) is 9.57 Å². The zero-order valence-electron chi connectivity index (χ0n) is 11.2. The van der Waals surface area contributed by atoms with Crippen LogP contribution < -0.4 is 5.32 Å². The summed E-state index contributed by atoms with van der Waals surface area (Å²) in [7, 11) is -3.48. The third-order valence-corrected chi connectivity index (χ3v) is 5.71. The Hall–Kier alpha value is -0.640. The van der Waals surface area contributed by atoms with Crippen molar-refractivity contribution in [1.82, 2.24) is 9.62 Å². The lowest BCUT2D eigenvalue weighted by atomic mass is 10.1. The highest BCUT2D eigenvalue weighted by Gasteiger charge is 2.31. The number of likely N-dealkylation sites (N-methyl/N-ethyl adjacent to an activating group) is 1. The normalized spacial score (nSPS) is 22.7. The lowest BCUT2D eigenvalue weighted by Crippen LogP contribution is -2.47. The fourth-order valence-electron chi connectivity index (χ4n) is 2.29. The lowest BCUT2D eigenvalue weighted by molar-refractivity contribution is 0.318. The van der Waals surface area contributed by atoms with E-state index in [0.29, 0.717) is 19.5 Å². The van der Waals surface area contributed by atoms with Gasteiger partial charge in [0.2, 0.25) is 10.0 Å². The molecular weight excluding hydrogens is 250 g/mol. The van der Waals surface area contributed by atoms with Crippen molar-refractivity contribution in [1.29, 1.82) is 5.26 Å². The molecule has 0 aliphatic carbocycles. The maximum absolute atomic E-state index is 12.3. The van der Waals surface area contributed by atoms with E-state index in [0.717, 1.165) is 25.8 Å². The summed E-state index contributed by atoms with van der Waals surface area (Å²) >= 11 is 0. The molecule has 0 amide bonds. The first-order valence-corrected chi connectivity index (χ1v) is 8.18. The molecule has 0 aromatic rings. The molecule has 0 aromatic heterocycles. The van der Waals surface area contributed by atoms with Gasteiger partial charge < -0.3 is 5.32 Å². The summed E-state index contributed by atoms with van der Waals surface area (Å²) < 4.78 is 26.0. The number of hydrogen-bond donors (Lipinski definition) is 1. The second kappa shape index (κ2) is 7.07. The van der Waals surface area contributed by atoms with Gasteiger partial charge in [-0.1, -0.05) is 20.3 Å². The molecule has 1 saturated heterocycles. The highest BCUT2D eigenvalue weighted by molar-refractivity contribution is 7.90. The van der Waals surface area contributed by atoms with Crippen LogP contribution in [-0.2, 0) is 10.0 Å². The van der Waals surface area contributed by atoms with E-state index in [1.165, 1.54) is 4.31 Å². The maximum atomic E-state index is 12.3. The summed E-state index contributed by atoms with van der Waals surface area (Å²) in [5.41, 5.74) is 0. The smallest absolute Gasteiger partial charge is 0.230 e. The van der Waals surface area contributed by atoms with Gasteiger partial charge in [0, 0.05) is 19.1 Å². The van der Waals surface area contributed by atoms with Crippen molar-refractivity contribution in [3.63, 3.8) is 0 Å². The summed E-state index contributed by atoms with van der Waals surface area (Å²) in [5.74, 6) is 0. The molecule has 104 valence electrons. The summed E-state index contributed by atoms with van der Waals surface area (Å²) in [5, 5.41) is 11.4. The molecule has 5 nitrogen and oxygen atoms in total. The van der Waals surface area contributed by atoms with E-state index >= 15 is 0 Å². The van der Waals surface area contributed by atoms with E-state index in [9.17, 15) is 8.42 Å². The van der Waals surface area contributed by atoms with Crippen LogP contribution in [0.1, 0.15) is 39.5 Å². The lowest BCUT2D eigenvalue weighted by Gasteiger charge is -2.30. The molecule has 18 heavy (non-hydrogen) atoms. The van der Waals surface area contributed by atoms with Gasteiger partial charge in [-0.15, -0.1) is 0 Å². The molecule has 1 N–H and O–H groups in total. The molecule has 1 fully saturated rings. The maximum Gasteiger partial charge on any atom is 0.230 e. The van der Waals surface area contributed by atoms with Crippen LogP contribution >= 0.6 is 0 Å². The zero-order valence-corrected chi connectivity index (χ0v) is 12.0. The second-order valence-electron chi connectivity index (χ2n) is 4.67. The number of sulfonamides is 1. The summed E-state index contributed by atoms with van der Waals surface area (Å²) in [6.45, 7) is 5.43. The molecule has 6 heteroatoms. The molecular formula is C12H23N3O2S. The van der Waals surface area contributed by atoms with Gasteiger partial charge in [0.1, 0.15) is 0 Å². The summed E-state index contributed by atoms with van der Waals surface area (Å²) in [6, 6.07) is 2.12. The first-order chi connectivity index (χ1) is 8.56. The standard InChI is InChI=1S/C12H23N3O2S/c1-3-12(9-13)18(16,17)15(4-2)10-11-7-5-6-8-14-11/h11-12,14H,3-8,10H2,1-2H3. The second-order valence-corrected chi connectivity index (χ2v) is 6.78. The van der Waals surface area contributed by atoms with Crippen molar-refractivity contribution in [2.75, 3.05) is 19.6 Å². The molecule has 0 spiro atoms. The average Bonchev–Trinajstić information content (AvgIpc) is 2.38. The predicted molar refractivity (Wildman–Crippen MR) is 71.5 cm³/mol. The van der Waals surface area contributed by atoms with Gasteiger partial charge in [-0.25, -0.2) is 8.42 Å². The minimum absolute atomic E-state index is 0.227. The number of hydrogen-bond acceptors (Lipinski definition) is 4. The topological polar surface area (TPSA) is 73.2 Å². The van der Waals surface area contributed by atoms with Crippen molar-refractivity contribution in [2.24, 2.45) is 0 Å². The Morgan fingerprint density at radius 3 is 2.61 bits per heavy atom. The van der Waals surface area contributed by atoms with E-state index in [4.69, 9.17) is 5.26 Å². The number of nitriles is 1. The van der Waals surface area contributed by atoms with Gasteiger partial charge in [0.15, 0.2) is 5.25 Å². The Balaban J connectivity index is 2.72. The molecule has 1 heterocycles. The molecule has 1 aliphatic heterocycles. The molecule has 0 saturated carbocycles. The van der Waals surface area contributed by atoms with Crippen molar-refractivity contribution in [3.05, 3.63) is 0 Å². The van der Waals surface area contributed by atoms with Crippen LogP contribution in [0.4, 0.5) is 0 Å². The Bertz CT molecular complexity index is 383. The quantitative estimate of drug-likeness (QED) is 0.786. The number of piperidine rings is 1.